The fourth-order valence-electron chi connectivity index (χ4n) is 1.67. The van der Waals surface area contributed by atoms with Gasteiger partial charge in [0.05, 0.1) is 23.6 Å². The van der Waals surface area contributed by atoms with E-state index in [1.54, 1.807) is 24.4 Å². The van der Waals surface area contributed by atoms with Gasteiger partial charge in [-0.2, -0.15) is 5.10 Å². The maximum Gasteiger partial charge on any atom is 0.246 e. The van der Waals surface area contributed by atoms with Gasteiger partial charge in [-0.15, -0.1) is 11.3 Å². The van der Waals surface area contributed by atoms with Crippen molar-refractivity contribution >= 4 is 51.4 Å². The molecule has 8 nitrogen and oxygen atoms in total. The maximum atomic E-state index is 11.8. The number of nitrogens with one attached hydrogen (secondary N) is 2. The van der Waals surface area contributed by atoms with Gasteiger partial charge < -0.3 is 11.1 Å². The lowest BCUT2D eigenvalue weighted by Gasteiger charge is -2.04. The summed E-state index contributed by atoms with van der Waals surface area (Å²) in [5.41, 5.74) is 8.90. The van der Waals surface area contributed by atoms with E-state index in [0.29, 0.717) is 27.4 Å². The van der Waals surface area contributed by atoms with Crippen molar-refractivity contribution in [3.05, 3.63) is 34.4 Å². The van der Waals surface area contributed by atoms with Crippen LogP contribution >= 0.6 is 22.9 Å². The van der Waals surface area contributed by atoms with Gasteiger partial charge in [0, 0.05) is 17.3 Å². The number of carbonyl (C=O) groups excluding carboxylic acids is 2. The third kappa shape index (κ3) is 5.94. The van der Waals surface area contributed by atoms with Gasteiger partial charge in [0.25, 0.3) is 0 Å². The van der Waals surface area contributed by atoms with Crippen molar-refractivity contribution in [2.24, 2.45) is 5.10 Å². The summed E-state index contributed by atoms with van der Waals surface area (Å²) >= 11 is 6.98. The van der Waals surface area contributed by atoms with Crippen LogP contribution in [0.2, 0.25) is 5.02 Å². The third-order valence-corrected chi connectivity index (χ3v) is 3.64. The SMILES string of the molecule is C/C(CC(=O)Nc1ccc(Cl)cn1)=N\NC(=O)Cc1csc(N)n1. The smallest absolute Gasteiger partial charge is 0.246 e. The van der Waals surface area contributed by atoms with Crippen LogP contribution in [0, 0.1) is 0 Å². The Bertz CT molecular complexity index is 759. The molecule has 2 heterocycles. The van der Waals surface area contributed by atoms with Crippen LogP contribution in [-0.4, -0.2) is 27.5 Å². The lowest BCUT2D eigenvalue weighted by Crippen LogP contribution is -2.23. The molecule has 0 radical (unpaired) electrons. The van der Waals surface area contributed by atoms with E-state index in [9.17, 15) is 9.59 Å². The van der Waals surface area contributed by atoms with Crippen LogP contribution in [0.15, 0.2) is 28.8 Å². The molecule has 2 aromatic heterocycles. The number of carbonyl (C=O) groups is 2. The molecule has 4 N–H and O–H groups in total. The molecule has 0 spiro atoms. The van der Waals surface area contributed by atoms with Gasteiger partial charge in [-0.3, -0.25) is 9.59 Å². The monoisotopic (exact) mass is 366 g/mol. The van der Waals surface area contributed by atoms with E-state index in [-0.39, 0.29) is 24.7 Å². The number of anilines is 2. The first-order chi connectivity index (χ1) is 11.4. The number of hydrogen-bond donors (Lipinski definition) is 3. The largest absolute Gasteiger partial charge is 0.375 e. The maximum absolute atomic E-state index is 11.8. The number of nitrogens with two attached hydrogens (primary N) is 1. The van der Waals surface area contributed by atoms with Crippen LogP contribution in [0.3, 0.4) is 0 Å². The molecule has 2 aromatic rings. The summed E-state index contributed by atoms with van der Waals surface area (Å²) < 4.78 is 0. The minimum absolute atomic E-state index is 0.0221. The van der Waals surface area contributed by atoms with Gasteiger partial charge in [0.2, 0.25) is 11.8 Å². The molecule has 0 saturated heterocycles. The molecule has 126 valence electrons. The molecule has 0 fully saturated rings. The molecular formula is C14H15ClN6O2S. The molecule has 2 rings (SSSR count). The van der Waals surface area contributed by atoms with Gasteiger partial charge in [0.15, 0.2) is 5.13 Å². The summed E-state index contributed by atoms with van der Waals surface area (Å²) in [6, 6.07) is 3.21. The second-order valence-electron chi connectivity index (χ2n) is 4.82. The molecule has 0 aliphatic rings. The Morgan fingerprint density at radius 3 is 2.79 bits per heavy atom. The third-order valence-electron chi connectivity index (χ3n) is 2.69. The first-order valence-corrected chi connectivity index (χ1v) is 8.11. The number of pyridine rings is 1. The summed E-state index contributed by atoms with van der Waals surface area (Å²) in [7, 11) is 0. The Morgan fingerprint density at radius 2 is 2.17 bits per heavy atom. The minimum Gasteiger partial charge on any atom is -0.375 e. The van der Waals surface area contributed by atoms with Gasteiger partial charge in [-0.05, 0) is 19.1 Å². The lowest BCUT2D eigenvalue weighted by atomic mass is 10.3. The van der Waals surface area contributed by atoms with Crippen molar-refractivity contribution in [2.75, 3.05) is 11.1 Å². The van der Waals surface area contributed by atoms with Crippen LogP contribution in [0.5, 0.6) is 0 Å². The molecule has 10 heteroatoms. The number of thiazole rings is 1. The van der Waals surface area contributed by atoms with E-state index in [4.69, 9.17) is 17.3 Å². The number of hydrazone groups is 1. The highest BCUT2D eigenvalue weighted by molar-refractivity contribution is 7.13. The number of aromatic nitrogens is 2. The standard InChI is InChI=1S/C14H15ClN6O2S/c1-8(4-12(22)19-11-3-2-9(15)6-17-11)20-21-13(23)5-10-7-24-14(16)18-10/h2-3,6-7H,4-5H2,1H3,(H2,16,18)(H,21,23)(H,17,19,22)/b20-8+. The first kappa shape index (κ1) is 17.8. The van der Waals surface area contributed by atoms with E-state index in [1.807, 2.05) is 0 Å². The zero-order chi connectivity index (χ0) is 17.5. The molecule has 0 atom stereocenters. The van der Waals surface area contributed by atoms with E-state index >= 15 is 0 Å². The molecular weight excluding hydrogens is 352 g/mol. The molecule has 24 heavy (non-hydrogen) atoms. The highest BCUT2D eigenvalue weighted by Gasteiger charge is 2.08. The number of nitrogens with zero attached hydrogens (tertiary/aromatic N) is 3. The van der Waals surface area contributed by atoms with Crippen LogP contribution in [0.25, 0.3) is 0 Å². The second-order valence-corrected chi connectivity index (χ2v) is 6.15. The molecule has 0 aliphatic carbocycles. The van der Waals surface area contributed by atoms with Gasteiger partial charge in [-0.25, -0.2) is 15.4 Å². The number of rotatable bonds is 6. The molecule has 0 bridgehead atoms. The van der Waals surface area contributed by atoms with Crippen molar-refractivity contribution in [3.8, 4) is 0 Å². The highest BCUT2D eigenvalue weighted by atomic mass is 35.5. The van der Waals surface area contributed by atoms with Crippen LogP contribution in [0.1, 0.15) is 19.0 Å². The topological polar surface area (TPSA) is 122 Å². The molecule has 0 aromatic carbocycles. The van der Waals surface area contributed by atoms with Gasteiger partial charge in [-0.1, -0.05) is 11.6 Å². The highest BCUT2D eigenvalue weighted by Crippen LogP contribution is 2.11. The zero-order valence-corrected chi connectivity index (χ0v) is 14.3. The quantitative estimate of drug-likeness (QED) is 0.531. The van der Waals surface area contributed by atoms with E-state index < -0.39 is 0 Å². The Hall–Kier alpha value is -2.52. The van der Waals surface area contributed by atoms with Crippen molar-refractivity contribution in [3.63, 3.8) is 0 Å². The summed E-state index contributed by atoms with van der Waals surface area (Å²) in [5.74, 6) is -0.241. The van der Waals surface area contributed by atoms with E-state index in [0.717, 1.165) is 0 Å². The van der Waals surface area contributed by atoms with Crippen LogP contribution in [-0.2, 0) is 16.0 Å². The number of nitrogen functional groups attached to an aromatic ring is 1. The van der Waals surface area contributed by atoms with E-state index in [1.165, 1.54) is 17.5 Å². The molecule has 0 aliphatic heterocycles. The Morgan fingerprint density at radius 1 is 1.38 bits per heavy atom. The van der Waals surface area contributed by atoms with E-state index in [2.05, 4.69) is 25.8 Å². The van der Waals surface area contributed by atoms with Crippen LogP contribution in [0.4, 0.5) is 10.9 Å². The van der Waals surface area contributed by atoms with Crippen LogP contribution < -0.4 is 16.5 Å². The average Bonchev–Trinajstić information content (AvgIpc) is 2.92. The van der Waals surface area contributed by atoms with Crippen molar-refractivity contribution in [2.45, 2.75) is 19.8 Å². The van der Waals surface area contributed by atoms with Crippen molar-refractivity contribution < 1.29 is 9.59 Å². The number of amides is 2. The fraction of sp³-hybridized carbons (Fsp3) is 0.214. The summed E-state index contributed by atoms with van der Waals surface area (Å²) in [6.45, 7) is 1.63. The normalized spacial score (nSPS) is 11.2. The zero-order valence-electron chi connectivity index (χ0n) is 12.7. The molecule has 0 saturated carbocycles. The van der Waals surface area contributed by atoms with Crippen molar-refractivity contribution in [1.29, 1.82) is 0 Å². The lowest BCUT2D eigenvalue weighted by molar-refractivity contribution is -0.120. The molecule has 2 amide bonds. The Balaban J connectivity index is 1.79. The summed E-state index contributed by atoms with van der Waals surface area (Å²) in [5, 5.41) is 9.08. The Labute approximate surface area is 147 Å². The predicted molar refractivity (Wildman–Crippen MR) is 94.0 cm³/mol. The summed E-state index contributed by atoms with van der Waals surface area (Å²) in [6.07, 6.45) is 1.53. The summed E-state index contributed by atoms with van der Waals surface area (Å²) in [4.78, 5) is 31.5. The first-order valence-electron chi connectivity index (χ1n) is 6.85. The minimum atomic E-state index is -0.334. The average molecular weight is 367 g/mol. The van der Waals surface area contributed by atoms with Gasteiger partial charge >= 0.3 is 0 Å². The number of halogens is 1. The predicted octanol–water partition coefficient (Wildman–Crippen LogP) is 1.84. The fourth-order valence-corrected chi connectivity index (χ4v) is 2.35. The van der Waals surface area contributed by atoms with Crippen molar-refractivity contribution in [1.82, 2.24) is 15.4 Å². The number of hydrogen-bond acceptors (Lipinski definition) is 7. The van der Waals surface area contributed by atoms with Gasteiger partial charge in [0.1, 0.15) is 5.82 Å². The Kier molecular flexibility index (Phi) is 6.21. The second kappa shape index (κ2) is 8.37. The molecule has 0 unspecified atom stereocenters.